The van der Waals surface area contributed by atoms with Gasteiger partial charge in [-0.05, 0) is 39.8 Å². The van der Waals surface area contributed by atoms with Gasteiger partial charge in [0.2, 0.25) is 0 Å². The molecule has 0 heterocycles. The Bertz CT molecular complexity index is 825. The fourth-order valence-electron chi connectivity index (χ4n) is 3.11. The summed E-state index contributed by atoms with van der Waals surface area (Å²) in [4.78, 5) is 0. The summed E-state index contributed by atoms with van der Waals surface area (Å²) in [6.07, 6.45) is 5.48. The molecule has 0 N–H and O–H groups in total. The van der Waals surface area contributed by atoms with Crippen molar-refractivity contribution in [3.05, 3.63) is 90.0 Å². The monoisotopic (exact) mass is 268 g/mol. The third kappa shape index (κ3) is 2.09. The second kappa shape index (κ2) is 5.06. The maximum Gasteiger partial charge on any atom is -0.00879 e. The quantitative estimate of drug-likeness (QED) is 0.498. The Morgan fingerprint density at radius 3 is 1.90 bits per heavy atom. The molecule has 0 amide bonds. The summed E-state index contributed by atoms with van der Waals surface area (Å²) in [6.45, 7) is 0. The summed E-state index contributed by atoms with van der Waals surface area (Å²) in [5, 5.41) is 0. The molecule has 3 aromatic rings. The number of rotatable bonds is 0. The first kappa shape index (κ1) is 12.2. The van der Waals surface area contributed by atoms with Crippen LogP contribution < -0.4 is 0 Å². The van der Waals surface area contributed by atoms with Gasteiger partial charge in [0, 0.05) is 0 Å². The van der Waals surface area contributed by atoms with Crippen LogP contribution in [0.3, 0.4) is 0 Å². The predicted octanol–water partition coefficient (Wildman–Crippen LogP) is 5.59. The highest BCUT2D eigenvalue weighted by atomic mass is 14.2. The fourth-order valence-corrected chi connectivity index (χ4v) is 3.11. The average molecular weight is 268 g/mol. The van der Waals surface area contributed by atoms with E-state index in [9.17, 15) is 0 Å². The lowest BCUT2D eigenvalue weighted by atomic mass is 9.90. The van der Waals surface area contributed by atoms with E-state index in [4.69, 9.17) is 0 Å². The number of fused-ring (bicyclic) bond motifs is 5. The van der Waals surface area contributed by atoms with Gasteiger partial charge >= 0.3 is 0 Å². The number of hydrogen-bond donors (Lipinski definition) is 0. The van der Waals surface area contributed by atoms with Gasteiger partial charge in [0.15, 0.2) is 0 Å². The molecule has 4 rings (SSSR count). The summed E-state index contributed by atoms with van der Waals surface area (Å²) in [5.74, 6) is 0. The Hall–Kier alpha value is -2.60. The third-order valence-electron chi connectivity index (χ3n) is 4.12. The molecule has 21 heavy (non-hydrogen) atoms. The van der Waals surface area contributed by atoms with Crippen molar-refractivity contribution in [1.29, 1.82) is 0 Å². The van der Waals surface area contributed by atoms with Gasteiger partial charge in [0.25, 0.3) is 0 Å². The average Bonchev–Trinajstić information content (AvgIpc) is 2.62. The maximum atomic E-state index is 2.27. The van der Waals surface area contributed by atoms with Crippen LogP contribution in [0.1, 0.15) is 11.1 Å². The molecule has 0 bridgehead atoms. The molecule has 0 spiro atoms. The van der Waals surface area contributed by atoms with Crippen LogP contribution in [-0.4, -0.2) is 0 Å². The van der Waals surface area contributed by atoms with Crippen molar-refractivity contribution < 1.29 is 0 Å². The van der Waals surface area contributed by atoms with E-state index in [1.807, 2.05) is 0 Å². The molecule has 100 valence electrons. The molecule has 0 aliphatic heterocycles. The number of hydrogen-bond acceptors (Lipinski definition) is 0. The number of benzene rings is 3. The van der Waals surface area contributed by atoms with Crippen molar-refractivity contribution >= 4 is 6.08 Å². The van der Waals surface area contributed by atoms with Crippen LogP contribution in [-0.2, 0) is 6.42 Å². The van der Waals surface area contributed by atoms with Gasteiger partial charge in [-0.25, -0.2) is 0 Å². The van der Waals surface area contributed by atoms with E-state index < -0.39 is 0 Å². The van der Waals surface area contributed by atoms with Crippen molar-refractivity contribution in [2.45, 2.75) is 6.42 Å². The van der Waals surface area contributed by atoms with Gasteiger partial charge in [-0.1, -0.05) is 84.9 Å². The molecule has 0 radical (unpaired) electrons. The van der Waals surface area contributed by atoms with E-state index in [1.54, 1.807) is 0 Å². The molecule has 1 aliphatic carbocycles. The second-order valence-corrected chi connectivity index (χ2v) is 5.40. The lowest BCUT2D eigenvalue weighted by molar-refractivity contribution is 1.28. The van der Waals surface area contributed by atoms with Gasteiger partial charge in [0.05, 0.1) is 0 Å². The summed E-state index contributed by atoms with van der Waals surface area (Å²) >= 11 is 0. The van der Waals surface area contributed by atoms with Crippen LogP contribution in [0, 0.1) is 0 Å². The van der Waals surface area contributed by atoms with Crippen molar-refractivity contribution in [2.75, 3.05) is 0 Å². The van der Waals surface area contributed by atoms with Crippen LogP contribution in [0.4, 0.5) is 0 Å². The highest BCUT2D eigenvalue weighted by Gasteiger charge is 2.13. The smallest absolute Gasteiger partial charge is 0.00879 e. The van der Waals surface area contributed by atoms with Crippen LogP contribution >= 0.6 is 0 Å². The van der Waals surface area contributed by atoms with E-state index in [0.717, 1.165) is 6.42 Å². The van der Waals surface area contributed by atoms with E-state index in [-0.39, 0.29) is 0 Å². The predicted molar refractivity (Wildman–Crippen MR) is 90.1 cm³/mol. The molecule has 0 unspecified atom stereocenters. The molecule has 0 saturated carbocycles. The Kier molecular flexibility index (Phi) is 2.93. The molecular weight excluding hydrogens is 252 g/mol. The third-order valence-corrected chi connectivity index (χ3v) is 4.12. The van der Waals surface area contributed by atoms with Gasteiger partial charge < -0.3 is 0 Å². The van der Waals surface area contributed by atoms with Gasteiger partial charge in [-0.3, -0.25) is 0 Å². The SMILES string of the molecule is C1=Cc2ccccc2-c2ccccc2-c2ccccc2C1. The molecule has 3 aromatic carbocycles. The molecule has 1 aliphatic rings. The largest absolute Gasteiger partial charge is 0.0795 e. The standard InChI is InChI=1S/C21H16/c1-3-12-18-16(8-1)10-7-11-17-9-2-4-13-19(17)21-15-6-5-14-20(18)21/h1-10,12-15H,11H2. The van der Waals surface area contributed by atoms with Crippen LogP contribution in [0.25, 0.3) is 28.3 Å². The van der Waals surface area contributed by atoms with Crippen molar-refractivity contribution in [3.8, 4) is 22.3 Å². The van der Waals surface area contributed by atoms with E-state index in [0.29, 0.717) is 0 Å². The summed E-state index contributed by atoms with van der Waals surface area (Å²) < 4.78 is 0. The van der Waals surface area contributed by atoms with E-state index >= 15 is 0 Å². The Balaban J connectivity index is 2.09. The van der Waals surface area contributed by atoms with Crippen LogP contribution in [0.2, 0.25) is 0 Å². The Morgan fingerprint density at radius 2 is 1.10 bits per heavy atom. The van der Waals surface area contributed by atoms with Gasteiger partial charge in [0.1, 0.15) is 0 Å². The highest BCUT2D eigenvalue weighted by Crippen LogP contribution is 2.37. The van der Waals surface area contributed by atoms with Gasteiger partial charge in [-0.2, -0.15) is 0 Å². The minimum Gasteiger partial charge on any atom is -0.0795 e. The molecule has 0 atom stereocenters. The fraction of sp³-hybridized carbons (Fsp3) is 0.0476. The van der Waals surface area contributed by atoms with Crippen LogP contribution in [0.5, 0.6) is 0 Å². The van der Waals surface area contributed by atoms with E-state index in [2.05, 4.69) is 84.9 Å². The maximum absolute atomic E-state index is 2.27. The second-order valence-electron chi connectivity index (χ2n) is 5.40. The minimum atomic E-state index is 0.971. The zero-order chi connectivity index (χ0) is 14.1. The minimum absolute atomic E-state index is 0.971. The lowest BCUT2D eigenvalue weighted by Gasteiger charge is -2.13. The topological polar surface area (TPSA) is 0 Å². The first-order chi connectivity index (χ1) is 10.4. The number of allylic oxidation sites excluding steroid dienone is 1. The normalized spacial score (nSPS) is 12.4. The first-order valence-corrected chi connectivity index (χ1v) is 7.37. The highest BCUT2D eigenvalue weighted by molar-refractivity contribution is 5.89. The lowest BCUT2D eigenvalue weighted by Crippen LogP contribution is -1.90. The molecule has 0 fully saturated rings. The molecular formula is C21H16. The summed E-state index contributed by atoms with van der Waals surface area (Å²) in [5.41, 5.74) is 7.96. The zero-order valence-electron chi connectivity index (χ0n) is 11.8. The van der Waals surface area contributed by atoms with E-state index in [1.165, 1.54) is 33.4 Å². The van der Waals surface area contributed by atoms with Gasteiger partial charge in [-0.15, -0.1) is 0 Å². The molecule has 0 aromatic heterocycles. The molecule has 0 heteroatoms. The zero-order valence-corrected chi connectivity index (χ0v) is 11.8. The van der Waals surface area contributed by atoms with Crippen molar-refractivity contribution in [3.63, 3.8) is 0 Å². The molecule has 0 nitrogen and oxygen atoms in total. The van der Waals surface area contributed by atoms with Crippen molar-refractivity contribution in [1.82, 2.24) is 0 Å². The van der Waals surface area contributed by atoms with Crippen molar-refractivity contribution in [2.24, 2.45) is 0 Å². The Labute approximate surface area is 125 Å². The first-order valence-electron chi connectivity index (χ1n) is 7.37. The van der Waals surface area contributed by atoms with Crippen LogP contribution in [0.15, 0.2) is 78.9 Å². The molecule has 0 saturated heterocycles. The summed E-state index contributed by atoms with van der Waals surface area (Å²) in [7, 11) is 0. The summed E-state index contributed by atoms with van der Waals surface area (Å²) in [6, 6.07) is 26.1. The Morgan fingerprint density at radius 1 is 0.524 bits per heavy atom.